The Labute approximate surface area is 340 Å². The van der Waals surface area contributed by atoms with Crippen molar-refractivity contribution < 1.29 is 28.5 Å². The minimum absolute atomic E-state index is 0.273. The number of aryl methyl sites for hydroxylation is 1. The standard InChI is InChI=1S/C21H32N4O3.C19H28N4O3.CH3Br/c1-6-25-20-18(19(23-25)14(3)4)17(12-16(22-20)21(26)28-7-2)24-10-8-15(9-11-24)13-27-5;1-5-26-19(24)14-10-15(23-8-6-13(7-9-23)11-25-4)16-17(12(2)3)21-22-18(16)20-14;1-2/h12,14-15H,6-11,13H2,1-5H3;10,12-13H,5-9,11H2,1-4H3,(H,20,21,22);1H3. The zero-order valence-corrected chi connectivity index (χ0v) is 36.7. The largest absolute Gasteiger partial charge is 0.461 e. The molecule has 0 atom stereocenters. The van der Waals surface area contributed by atoms with Gasteiger partial charge in [-0.25, -0.2) is 24.2 Å². The molecule has 4 aromatic rings. The molecule has 0 unspecified atom stereocenters. The summed E-state index contributed by atoms with van der Waals surface area (Å²) in [6, 6.07) is 3.75. The number of nitrogens with one attached hydrogen (secondary N) is 1. The maximum Gasteiger partial charge on any atom is 0.357 e. The minimum Gasteiger partial charge on any atom is -0.461 e. The Hall–Kier alpha value is -3.82. The number of carbonyl (C=O) groups is 2. The highest BCUT2D eigenvalue weighted by Gasteiger charge is 2.28. The number of ether oxygens (including phenoxy) is 4. The van der Waals surface area contributed by atoms with E-state index in [1.54, 1.807) is 21.1 Å². The molecule has 2 saturated heterocycles. The fraction of sp³-hybridized carbons (Fsp3) is 0.659. The van der Waals surface area contributed by atoms with Gasteiger partial charge in [-0.05, 0) is 88.1 Å². The Bertz CT molecular complexity index is 1860. The van der Waals surface area contributed by atoms with Crippen LogP contribution >= 0.6 is 15.9 Å². The maximum absolute atomic E-state index is 12.5. The monoisotopic (exact) mass is 842 g/mol. The lowest BCUT2D eigenvalue weighted by Gasteiger charge is -2.34. The highest BCUT2D eigenvalue weighted by molar-refractivity contribution is 9.08. The van der Waals surface area contributed by atoms with Crippen LogP contribution in [-0.4, -0.2) is 115 Å². The van der Waals surface area contributed by atoms with Gasteiger partial charge in [-0.2, -0.15) is 10.2 Å². The highest BCUT2D eigenvalue weighted by Crippen LogP contribution is 2.37. The van der Waals surface area contributed by atoms with Crippen LogP contribution in [0, 0.1) is 11.8 Å². The van der Waals surface area contributed by atoms with Gasteiger partial charge in [0.2, 0.25) is 0 Å². The van der Waals surface area contributed by atoms with Crippen molar-refractivity contribution in [3.05, 3.63) is 34.9 Å². The van der Waals surface area contributed by atoms with E-state index in [0.29, 0.717) is 54.5 Å². The summed E-state index contributed by atoms with van der Waals surface area (Å²) in [5.74, 6) is 2.77. The van der Waals surface area contributed by atoms with Crippen molar-refractivity contribution >= 4 is 61.3 Å². The molecule has 0 radical (unpaired) electrons. The number of methoxy groups -OCH3 is 2. The predicted molar refractivity (Wildman–Crippen MR) is 226 cm³/mol. The van der Waals surface area contributed by atoms with Gasteiger partial charge in [0.05, 0.1) is 41.1 Å². The third-order valence-electron chi connectivity index (χ3n) is 10.3. The number of piperidine rings is 2. The van der Waals surface area contributed by atoms with E-state index < -0.39 is 5.97 Å². The molecule has 15 heteroatoms. The number of aromatic nitrogens is 6. The number of pyridine rings is 2. The normalized spacial score (nSPS) is 15.2. The Balaban J connectivity index is 0.000000239. The first-order valence-corrected chi connectivity index (χ1v) is 21.6. The number of hydrogen-bond acceptors (Lipinski definition) is 12. The molecular weight excluding hydrogens is 780 g/mol. The molecule has 2 fully saturated rings. The lowest BCUT2D eigenvalue weighted by molar-refractivity contribution is 0.0510. The van der Waals surface area contributed by atoms with Crippen molar-refractivity contribution in [3.8, 4) is 0 Å². The van der Waals surface area contributed by atoms with Gasteiger partial charge >= 0.3 is 11.9 Å². The summed E-state index contributed by atoms with van der Waals surface area (Å²) in [6.45, 7) is 20.9. The molecule has 56 heavy (non-hydrogen) atoms. The van der Waals surface area contributed by atoms with Crippen LogP contribution in [0.2, 0.25) is 0 Å². The molecule has 0 spiro atoms. The molecule has 6 heterocycles. The van der Waals surface area contributed by atoms with Crippen molar-refractivity contribution in [3.63, 3.8) is 0 Å². The second-order valence-electron chi connectivity index (χ2n) is 14.8. The van der Waals surface area contributed by atoms with Crippen LogP contribution in [0.25, 0.3) is 22.1 Å². The number of fused-ring (bicyclic) bond motifs is 2. The Morgan fingerprint density at radius 1 is 0.768 bits per heavy atom. The number of aromatic amines is 1. The van der Waals surface area contributed by atoms with E-state index in [-0.39, 0.29) is 11.9 Å². The molecule has 0 bridgehead atoms. The Morgan fingerprint density at radius 2 is 1.25 bits per heavy atom. The second kappa shape index (κ2) is 21.6. The molecule has 1 N–H and O–H groups in total. The number of anilines is 2. The van der Waals surface area contributed by atoms with Crippen molar-refractivity contribution in [2.75, 3.05) is 82.5 Å². The van der Waals surface area contributed by atoms with E-state index in [2.05, 4.69) is 73.6 Å². The summed E-state index contributed by atoms with van der Waals surface area (Å²) in [6.07, 6.45) is 4.29. The lowest BCUT2D eigenvalue weighted by atomic mass is 9.96. The number of carbonyl (C=O) groups excluding carboxylic acids is 2. The average Bonchev–Trinajstić information content (AvgIpc) is 3.82. The number of H-pyrrole nitrogens is 1. The third-order valence-corrected chi connectivity index (χ3v) is 10.3. The van der Waals surface area contributed by atoms with Crippen LogP contribution in [0.3, 0.4) is 0 Å². The first kappa shape index (κ1) is 44.9. The molecule has 0 saturated carbocycles. The van der Waals surface area contributed by atoms with Crippen LogP contribution in [0.5, 0.6) is 0 Å². The molecule has 2 aliphatic rings. The zero-order chi connectivity index (χ0) is 40.9. The molecular formula is C41H63BrN8O6. The topological polar surface area (TPSA) is 150 Å². The van der Waals surface area contributed by atoms with Crippen molar-refractivity contribution in [2.24, 2.45) is 11.8 Å². The van der Waals surface area contributed by atoms with E-state index in [1.165, 1.54) is 0 Å². The summed E-state index contributed by atoms with van der Waals surface area (Å²) in [5.41, 5.74) is 6.17. The number of esters is 2. The summed E-state index contributed by atoms with van der Waals surface area (Å²) < 4.78 is 22.9. The Kier molecular flexibility index (Phi) is 17.3. The average molecular weight is 844 g/mol. The maximum atomic E-state index is 12.5. The van der Waals surface area contributed by atoms with Gasteiger partial charge in [0.15, 0.2) is 22.7 Å². The van der Waals surface area contributed by atoms with Gasteiger partial charge in [-0.15, -0.1) is 0 Å². The minimum atomic E-state index is -0.404. The van der Waals surface area contributed by atoms with Crippen LogP contribution in [0.4, 0.5) is 11.4 Å². The van der Waals surface area contributed by atoms with Crippen molar-refractivity contribution in [2.45, 2.75) is 92.5 Å². The lowest BCUT2D eigenvalue weighted by Crippen LogP contribution is -2.35. The number of nitrogens with zero attached hydrogens (tertiary/aromatic N) is 7. The summed E-state index contributed by atoms with van der Waals surface area (Å²) in [7, 11) is 3.52. The van der Waals surface area contributed by atoms with Crippen LogP contribution in [-0.2, 0) is 25.5 Å². The first-order chi connectivity index (χ1) is 27.0. The van der Waals surface area contributed by atoms with Crippen molar-refractivity contribution in [1.82, 2.24) is 29.9 Å². The highest BCUT2D eigenvalue weighted by atomic mass is 79.9. The quantitative estimate of drug-likeness (QED) is 0.104. The summed E-state index contributed by atoms with van der Waals surface area (Å²) >= 11 is 2.94. The van der Waals surface area contributed by atoms with E-state index in [9.17, 15) is 9.59 Å². The fourth-order valence-corrected chi connectivity index (χ4v) is 7.52. The third kappa shape index (κ3) is 10.6. The fourth-order valence-electron chi connectivity index (χ4n) is 7.52. The smallest absolute Gasteiger partial charge is 0.357 e. The van der Waals surface area contributed by atoms with Crippen molar-refractivity contribution in [1.29, 1.82) is 0 Å². The number of rotatable bonds is 13. The molecule has 310 valence electrons. The first-order valence-electron chi connectivity index (χ1n) is 20.0. The van der Waals surface area contributed by atoms with Crippen LogP contribution < -0.4 is 9.80 Å². The summed E-state index contributed by atoms with van der Waals surface area (Å²) in [5, 5.41) is 14.3. The van der Waals surface area contributed by atoms with E-state index in [1.807, 2.05) is 36.5 Å². The van der Waals surface area contributed by atoms with E-state index in [0.717, 1.165) is 104 Å². The van der Waals surface area contributed by atoms with Gasteiger partial charge in [0.25, 0.3) is 0 Å². The van der Waals surface area contributed by atoms with Gasteiger partial charge in [0.1, 0.15) is 0 Å². The molecule has 0 aromatic carbocycles. The Morgan fingerprint density at radius 3 is 1.68 bits per heavy atom. The van der Waals surface area contributed by atoms with Crippen LogP contribution in [0.15, 0.2) is 12.1 Å². The van der Waals surface area contributed by atoms with Gasteiger partial charge in [-0.1, -0.05) is 43.6 Å². The summed E-state index contributed by atoms with van der Waals surface area (Å²) in [4.78, 5) is 38.5. The number of alkyl halides is 1. The molecule has 4 aromatic heterocycles. The van der Waals surface area contributed by atoms with Gasteiger partial charge < -0.3 is 28.7 Å². The molecule has 6 rings (SSSR count). The number of halogens is 1. The molecule has 2 aliphatic heterocycles. The van der Waals surface area contributed by atoms with E-state index in [4.69, 9.17) is 24.0 Å². The molecule has 0 aliphatic carbocycles. The van der Waals surface area contributed by atoms with E-state index >= 15 is 0 Å². The van der Waals surface area contributed by atoms with Crippen LogP contribution in [0.1, 0.15) is 118 Å². The number of hydrogen-bond donors (Lipinski definition) is 1. The zero-order valence-electron chi connectivity index (χ0n) is 35.1. The molecule has 0 amide bonds. The second-order valence-corrected chi connectivity index (χ2v) is 14.8. The predicted octanol–water partition coefficient (Wildman–Crippen LogP) is 7.75. The molecule has 14 nitrogen and oxygen atoms in total. The van der Waals surface area contributed by atoms with Gasteiger partial charge in [-0.3, -0.25) is 5.10 Å². The SMILES string of the molecule is CBr.CCOC(=O)c1cc(N2CCC(COC)CC2)c2c(C(C)C)[nH]nc2n1.CCOC(=O)c1cc(N2CCC(COC)CC2)c2c(C(C)C)nn(CC)c2n1. The van der Waals surface area contributed by atoms with Gasteiger partial charge in [0, 0.05) is 65.9 Å².